The largest absolute Gasteiger partial charge is 0.495 e. The van der Waals surface area contributed by atoms with E-state index in [-0.39, 0.29) is 11.4 Å². The number of rotatable bonds is 4. The van der Waals surface area contributed by atoms with Gasteiger partial charge in [-0.1, -0.05) is 11.6 Å². The Bertz CT molecular complexity index is 899. The van der Waals surface area contributed by atoms with E-state index in [1.165, 1.54) is 31.6 Å². The van der Waals surface area contributed by atoms with Crippen LogP contribution in [0.3, 0.4) is 0 Å². The molecular formula is C18H13ClFN3O2. The summed E-state index contributed by atoms with van der Waals surface area (Å²) in [5, 5.41) is 3.18. The monoisotopic (exact) mass is 357 g/mol. The number of nitrogens with one attached hydrogen (secondary N) is 1. The van der Waals surface area contributed by atoms with Crippen molar-refractivity contribution in [3.05, 3.63) is 71.3 Å². The number of aromatic nitrogens is 2. The molecule has 0 saturated carbocycles. The lowest BCUT2D eigenvalue weighted by Crippen LogP contribution is -2.13. The molecule has 0 aliphatic carbocycles. The lowest BCUT2D eigenvalue weighted by molar-refractivity contribution is 0.102. The highest BCUT2D eigenvalue weighted by molar-refractivity contribution is 6.31. The zero-order valence-corrected chi connectivity index (χ0v) is 13.9. The van der Waals surface area contributed by atoms with E-state index >= 15 is 0 Å². The van der Waals surface area contributed by atoms with Gasteiger partial charge in [0.15, 0.2) is 5.82 Å². The van der Waals surface area contributed by atoms with Crippen LogP contribution in [0.2, 0.25) is 5.02 Å². The molecule has 0 aliphatic rings. The van der Waals surface area contributed by atoms with Crippen molar-refractivity contribution >= 4 is 23.2 Å². The normalized spacial score (nSPS) is 10.4. The van der Waals surface area contributed by atoms with E-state index in [0.717, 1.165) is 0 Å². The number of methoxy groups -OCH3 is 1. The van der Waals surface area contributed by atoms with Crippen LogP contribution in [0.5, 0.6) is 5.75 Å². The van der Waals surface area contributed by atoms with Gasteiger partial charge in [-0.3, -0.25) is 4.79 Å². The molecule has 1 aromatic heterocycles. The average Bonchev–Trinajstić information content (AvgIpc) is 2.63. The van der Waals surface area contributed by atoms with Crippen LogP contribution in [0.25, 0.3) is 11.4 Å². The van der Waals surface area contributed by atoms with Crippen LogP contribution in [0.4, 0.5) is 10.1 Å². The summed E-state index contributed by atoms with van der Waals surface area (Å²) in [6, 6.07) is 10.7. The van der Waals surface area contributed by atoms with E-state index in [2.05, 4.69) is 15.3 Å². The number of benzene rings is 2. The minimum absolute atomic E-state index is 0.271. The number of nitrogens with zero attached hydrogens (tertiary/aromatic N) is 2. The van der Waals surface area contributed by atoms with Crippen LogP contribution < -0.4 is 10.1 Å². The van der Waals surface area contributed by atoms with E-state index in [1.807, 2.05) is 0 Å². The number of hydrogen-bond acceptors (Lipinski definition) is 4. The quantitative estimate of drug-likeness (QED) is 0.760. The van der Waals surface area contributed by atoms with Gasteiger partial charge < -0.3 is 10.1 Å². The van der Waals surface area contributed by atoms with Crippen LogP contribution >= 0.6 is 11.6 Å². The van der Waals surface area contributed by atoms with Gasteiger partial charge in [0, 0.05) is 23.0 Å². The molecule has 25 heavy (non-hydrogen) atoms. The highest BCUT2D eigenvalue weighted by Gasteiger charge is 2.12. The summed E-state index contributed by atoms with van der Waals surface area (Å²) in [4.78, 5) is 20.6. The van der Waals surface area contributed by atoms with Gasteiger partial charge >= 0.3 is 0 Å². The third-order valence-electron chi connectivity index (χ3n) is 3.43. The second-order valence-corrected chi connectivity index (χ2v) is 5.54. The smallest absolute Gasteiger partial charge is 0.258 e. The van der Waals surface area contributed by atoms with E-state index in [9.17, 15) is 9.18 Å². The molecule has 2 aromatic carbocycles. The zero-order chi connectivity index (χ0) is 17.8. The first-order valence-corrected chi connectivity index (χ1v) is 7.67. The van der Waals surface area contributed by atoms with Crippen LogP contribution in [0.15, 0.2) is 54.9 Å². The standard InChI is InChI=1S/C18H13ClFN3O2/c1-25-16-7-4-13(19)8-15(16)23-18(24)12-9-21-17(22-10-12)11-2-5-14(20)6-3-11/h2-10H,1H3,(H,23,24). The van der Waals surface area contributed by atoms with Gasteiger partial charge in [-0.05, 0) is 42.5 Å². The maximum atomic E-state index is 13.0. The van der Waals surface area contributed by atoms with Gasteiger partial charge in [0.1, 0.15) is 11.6 Å². The molecule has 0 saturated heterocycles. The Hall–Kier alpha value is -2.99. The molecule has 0 aliphatic heterocycles. The number of halogens is 2. The van der Waals surface area contributed by atoms with Crippen molar-refractivity contribution in [3.63, 3.8) is 0 Å². The Morgan fingerprint density at radius 2 is 1.80 bits per heavy atom. The third kappa shape index (κ3) is 3.92. The van der Waals surface area contributed by atoms with Crippen LogP contribution in [0, 0.1) is 5.82 Å². The van der Waals surface area contributed by atoms with E-state index in [1.54, 1.807) is 30.3 Å². The molecule has 126 valence electrons. The summed E-state index contributed by atoms with van der Waals surface area (Å²) in [5.74, 6) is 0.153. The highest BCUT2D eigenvalue weighted by Crippen LogP contribution is 2.28. The molecule has 1 N–H and O–H groups in total. The fourth-order valence-electron chi connectivity index (χ4n) is 2.17. The molecule has 3 rings (SSSR count). The molecular weight excluding hydrogens is 345 g/mol. The topological polar surface area (TPSA) is 64.1 Å². The third-order valence-corrected chi connectivity index (χ3v) is 3.66. The van der Waals surface area contributed by atoms with Crippen LogP contribution in [-0.2, 0) is 0 Å². The predicted octanol–water partition coefficient (Wildman–Crippen LogP) is 4.20. The highest BCUT2D eigenvalue weighted by atomic mass is 35.5. The number of carbonyl (C=O) groups excluding carboxylic acids is 1. The maximum absolute atomic E-state index is 13.0. The van der Waals surface area contributed by atoms with Gasteiger partial charge in [0.05, 0.1) is 18.4 Å². The summed E-state index contributed by atoms with van der Waals surface area (Å²) in [5.41, 5.74) is 1.38. The summed E-state index contributed by atoms with van der Waals surface area (Å²) < 4.78 is 18.1. The van der Waals surface area contributed by atoms with Gasteiger partial charge in [-0.15, -0.1) is 0 Å². The van der Waals surface area contributed by atoms with E-state index in [4.69, 9.17) is 16.3 Å². The molecule has 0 spiro atoms. The number of carbonyl (C=O) groups is 1. The summed E-state index contributed by atoms with van der Waals surface area (Å²) >= 11 is 5.94. The zero-order valence-electron chi connectivity index (χ0n) is 13.2. The minimum Gasteiger partial charge on any atom is -0.495 e. The summed E-state index contributed by atoms with van der Waals surface area (Å²) in [6.07, 6.45) is 2.80. The molecule has 0 unspecified atom stereocenters. The van der Waals surface area contributed by atoms with E-state index < -0.39 is 5.91 Å². The molecule has 3 aromatic rings. The molecule has 1 amide bonds. The van der Waals surface area contributed by atoms with Crippen molar-refractivity contribution in [2.24, 2.45) is 0 Å². The van der Waals surface area contributed by atoms with Crippen molar-refractivity contribution in [1.29, 1.82) is 0 Å². The first kappa shape index (κ1) is 16.9. The maximum Gasteiger partial charge on any atom is 0.258 e. The fourth-order valence-corrected chi connectivity index (χ4v) is 2.34. The minimum atomic E-state index is -0.397. The van der Waals surface area contributed by atoms with Crippen molar-refractivity contribution in [3.8, 4) is 17.1 Å². The average molecular weight is 358 g/mol. The van der Waals surface area contributed by atoms with Gasteiger partial charge in [0.25, 0.3) is 5.91 Å². The van der Waals surface area contributed by atoms with Crippen LogP contribution in [0.1, 0.15) is 10.4 Å². The first-order chi connectivity index (χ1) is 12.1. The Morgan fingerprint density at radius 1 is 1.12 bits per heavy atom. The molecule has 0 atom stereocenters. The summed E-state index contributed by atoms with van der Waals surface area (Å²) in [6.45, 7) is 0. The summed E-state index contributed by atoms with van der Waals surface area (Å²) in [7, 11) is 1.50. The van der Waals surface area contributed by atoms with E-state index in [0.29, 0.717) is 27.8 Å². The SMILES string of the molecule is COc1ccc(Cl)cc1NC(=O)c1cnc(-c2ccc(F)cc2)nc1. The van der Waals surface area contributed by atoms with Crippen molar-refractivity contribution < 1.29 is 13.9 Å². The predicted molar refractivity (Wildman–Crippen MR) is 93.4 cm³/mol. The molecule has 1 heterocycles. The molecule has 7 heteroatoms. The van der Waals surface area contributed by atoms with Crippen molar-refractivity contribution in [2.45, 2.75) is 0 Å². The Morgan fingerprint density at radius 3 is 2.44 bits per heavy atom. The fraction of sp³-hybridized carbons (Fsp3) is 0.0556. The number of anilines is 1. The van der Waals surface area contributed by atoms with Gasteiger partial charge in [-0.2, -0.15) is 0 Å². The molecule has 0 bridgehead atoms. The van der Waals surface area contributed by atoms with Crippen LogP contribution in [-0.4, -0.2) is 23.0 Å². The first-order valence-electron chi connectivity index (χ1n) is 7.29. The van der Waals surface area contributed by atoms with Crippen molar-refractivity contribution in [2.75, 3.05) is 12.4 Å². The van der Waals surface area contributed by atoms with Gasteiger partial charge in [0.2, 0.25) is 0 Å². The number of hydrogen-bond donors (Lipinski definition) is 1. The van der Waals surface area contributed by atoms with Crippen molar-refractivity contribution in [1.82, 2.24) is 9.97 Å². The number of ether oxygens (including phenoxy) is 1. The lowest BCUT2D eigenvalue weighted by atomic mass is 10.2. The molecule has 5 nitrogen and oxygen atoms in total. The molecule has 0 radical (unpaired) electrons. The second-order valence-electron chi connectivity index (χ2n) is 5.10. The molecule has 0 fully saturated rings. The Kier molecular flexibility index (Phi) is 4.90. The second kappa shape index (κ2) is 7.27. The Balaban J connectivity index is 1.79. The van der Waals surface area contributed by atoms with Gasteiger partial charge in [-0.25, -0.2) is 14.4 Å². The lowest BCUT2D eigenvalue weighted by Gasteiger charge is -2.10. The number of amides is 1. The Labute approximate surface area is 148 Å².